The molecule has 2 aromatic rings. The van der Waals surface area contributed by atoms with Crippen LogP contribution in [-0.2, 0) is 4.79 Å². The fourth-order valence-corrected chi connectivity index (χ4v) is 2.18. The van der Waals surface area contributed by atoms with Crippen molar-refractivity contribution in [2.24, 2.45) is 0 Å². The van der Waals surface area contributed by atoms with Gasteiger partial charge in [0.05, 0.1) is 24.6 Å². The van der Waals surface area contributed by atoms with E-state index in [2.05, 4.69) is 15.6 Å². The standard InChI is InChI=1S/C18H21N3O4/c1-4-24-16-11-15(21-18(23)13-8-6-7-9-19-13)17(25-5-2)10-14(16)20-12(3)22/h6-11H,4-5H2,1-3H3,(H,20,22)(H,21,23). The first-order chi connectivity index (χ1) is 12.0. The van der Waals surface area contributed by atoms with Gasteiger partial charge in [-0.2, -0.15) is 0 Å². The van der Waals surface area contributed by atoms with Gasteiger partial charge in [0, 0.05) is 25.3 Å². The van der Waals surface area contributed by atoms with Crippen molar-refractivity contribution in [3.05, 3.63) is 42.2 Å². The highest BCUT2D eigenvalue weighted by Gasteiger charge is 2.16. The highest BCUT2D eigenvalue weighted by atomic mass is 16.5. The molecular formula is C18H21N3O4. The van der Waals surface area contributed by atoms with Crippen LogP contribution in [0.1, 0.15) is 31.3 Å². The third-order valence-corrected chi connectivity index (χ3v) is 3.14. The van der Waals surface area contributed by atoms with Gasteiger partial charge in [-0.1, -0.05) is 6.07 Å². The lowest BCUT2D eigenvalue weighted by Crippen LogP contribution is -2.15. The number of hydrogen-bond acceptors (Lipinski definition) is 5. The zero-order valence-corrected chi connectivity index (χ0v) is 14.5. The number of carbonyl (C=O) groups is 2. The van der Waals surface area contributed by atoms with Gasteiger partial charge in [-0.05, 0) is 26.0 Å². The fraction of sp³-hybridized carbons (Fsp3) is 0.278. The lowest BCUT2D eigenvalue weighted by atomic mass is 10.2. The Hall–Kier alpha value is -3.09. The number of benzene rings is 1. The van der Waals surface area contributed by atoms with Crippen LogP contribution < -0.4 is 20.1 Å². The zero-order chi connectivity index (χ0) is 18.2. The molecular weight excluding hydrogens is 322 g/mol. The lowest BCUT2D eigenvalue weighted by molar-refractivity contribution is -0.114. The molecule has 1 heterocycles. The number of hydrogen-bond donors (Lipinski definition) is 2. The molecule has 0 atom stereocenters. The SMILES string of the molecule is CCOc1cc(NC(=O)c2ccccn2)c(OCC)cc1NC(C)=O. The second-order valence-electron chi connectivity index (χ2n) is 5.06. The molecule has 1 aromatic carbocycles. The molecule has 0 saturated heterocycles. The van der Waals surface area contributed by atoms with Crippen LogP contribution in [0.4, 0.5) is 11.4 Å². The van der Waals surface area contributed by atoms with Crippen LogP contribution in [0.25, 0.3) is 0 Å². The zero-order valence-electron chi connectivity index (χ0n) is 14.5. The van der Waals surface area contributed by atoms with Crippen molar-refractivity contribution in [1.82, 2.24) is 4.98 Å². The van der Waals surface area contributed by atoms with Crippen molar-refractivity contribution in [2.75, 3.05) is 23.8 Å². The van der Waals surface area contributed by atoms with Gasteiger partial charge in [0.15, 0.2) is 0 Å². The van der Waals surface area contributed by atoms with Crippen LogP contribution in [0.15, 0.2) is 36.5 Å². The van der Waals surface area contributed by atoms with Crippen LogP contribution >= 0.6 is 0 Å². The number of pyridine rings is 1. The summed E-state index contributed by atoms with van der Waals surface area (Å²) in [6.45, 7) is 5.89. The number of amides is 2. The topological polar surface area (TPSA) is 89.6 Å². The van der Waals surface area contributed by atoms with E-state index in [9.17, 15) is 9.59 Å². The van der Waals surface area contributed by atoms with E-state index < -0.39 is 0 Å². The highest BCUT2D eigenvalue weighted by Crippen LogP contribution is 2.37. The summed E-state index contributed by atoms with van der Waals surface area (Å²) >= 11 is 0. The molecule has 7 heteroatoms. The van der Waals surface area contributed by atoms with Crippen molar-refractivity contribution in [3.63, 3.8) is 0 Å². The average Bonchev–Trinajstić information content (AvgIpc) is 2.59. The van der Waals surface area contributed by atoms with Crippen molar-refractivity contribution in [2.45, 2.75) is 20.8 Å². The molecule has 2 N–H and O–H groups in total. The Morgan fingerprint density at radius 2 is 1.60 bits per heavy atom. The smallest absolute Gasteiger partial charge is 0.274 e. The quantitative estimate of drug-likeness (QED) is 0.806. The minimum absolute atomic E-state index is 0.228. The predicted molar refractivity (Wildman–Crippen MR) is 95.3 cm³/mol. The predicted octanol–water partition coefficient (Wildman–Crippen LogP) is 3.09. The van der Waals surface area contributed by atoms with Gasteiger partial charge in [-0.25, -0.2) is 0 Å². The Labute approximate surface area is 146 Å². The van der Waals surface area contributed by atoms with Crippen molar-refractivity contribution >= 4 is 23.2 Å². The van der Waals surface area contributed by atoms with Gasteiger partial charge < -0.3 is 20.1 Å². The summed E-state index contributed by atoms with van der Waals surface area (Å²) < 4.78 is 11.1. The molecule has 1 aromatic heterocycles. The van der Waals surface area contributed by atoms with E-state index in [4.69, 9.17) is 9.47 Å². The molecule has 0 saturated carbocycles. The molecule has 0 aliphatic carbocycles. The van der Waals surface area contributed by atoms with E-state index in [0.717, 1.165) is 0 Å². The molecule has 0 spiro atoms. The van der Waals surface area contributed by atoms with Crippen LogP contribution in [0.2, 0.25) is 0 Å². The second-order valence-corrected chi connectivity index (χ2v) is 5.06. The van der Waals surface area contributed by atoms with Crippen LogP contribution in [0.5, 0.6) is 11.5 Å². The Balaban J connectivity index is 2.38. The van der Waals surface area contributed by atoms with Gasteiger partial charge >= 0.3 is 0 Å². The fourth-order valence-electron chi connectivity index (χ4n) is 2.18. The molecule has 132 valence electrons. The maximum atomic E-state index is 12.4. The number of nitrogens with zero attached hydrogens (tertiary/aromatic N) is 1. The first-order valence-corrected chi connectivity index (χ1v) is 7.98. The number of aromatic nitrogens is 1. The van der Waals surface area contributed by atoms with E-state index in [1.165, 1.54) is 6.92 Å². The Bertz CT molecular complexity index is 747. The second kappa shape index (κ2) is 8.68. The van der Waals surface area contributed by atoms with E-state index in [1.54, 1.807) is 36.5 Å². The summed E-state index contributed by atoms with van der Waals surface area (Å²) in [5, 5.41) is 5.47. The van der Waals surface area contributed by atoms with E-state index in [1.807, 2.05) is 13.8 Å². The molecule has 0 fully saturated rings. The number of ether oxygens (including phenoxy) is 2. The summed E-state index contributed by atoms with van der Waals surface area (Å²) in [5.41, 5.74) is 1.21. The largest absolute Gasteiger partial charge is 0.492 e. The van der Waals surface area contributed by atoms with Crippen LogP contribution in [-0.4, -0.2) is 30.0 Å². The molecule has 2 rings (SSSR count). The van der Waals surface area contributed by atoms with Crippen LogP contribution in [0, 0.1) is 0 Å². The Morgan fingerprint density at radius 1 is 1.00 bits per heavy atom. The van der Waals surface area contributed by atoms with Gasteiger partial charge in [-0.15, -0.1) is 0 Å². The molecule has 0 unspecified atom stereocenters. The lowest BCUT2D eigenvalue weighted by Gasteiger charge is -2.17. The number of nitrogens with one attached hydrogen (secondary N) is 2. The average molecular weight is 343 g/mol. The molecule has 0 aliphatic rings. The Morgan fingerprint density at radius 3 is 2.08 bits per heavy atom. The van der Waals surface area contributed by atoms with Crippen molar-refractivity contribution < 1.29 is 19.1 Å². The summed E-state index contributed by atoms with van der Waals surface area (Å²) in [5.74, 6) is 0.279. The van der Waals surface area contributed by atoms with Gasteiger partial charge in [0.25, 0.3) is 5.91 Å². The van der Waals surface area contributed by atoms with Crippen molar-refractivity contribution in [1.29, 1.82) is 0 Å². The third-order valence-electron chi connectivity index (χ3n) is 3.14. The van der Waals surface area contributed by atoms with Gasteiger partial charge in [0.1, 0.15) is 17.2 Å². The Kier molecular flexibility index (Phi) is 6.33. The van der Waals surface area contributed by atoms with Gasteiger partial charge in [0.2, 0.25) is 5.91 Å². The first-order valence-electron chi connectivity index (χ1n) is 7.98. The maximum Gasteiger partial charge on any atom is 0.274 e. The summed E-state index contributed by atoms with van der Waals surface area (Å²) in [6, 6.07) is 8.34. The van der Waals surface area contributed by atoms with Crippen molar-refractivity contribution in [3.8, 4) is 11.5 Å². The van der Waals surface area contributed by atoms with E-state index >= 15 is 0 Å². The molecule has 25 heavy (non-hydrogen) atoms. The summed E-state index contributed by atoms with van der Waals surface area (Å²) in [7, 11) is 0. The van der Waals surface area contributed by atoms with Gasteiger partial charge in [-0.3, -0.25) is 14.6 Å². The molecule has 0 radical (unpaired) electrons. The van der Waals surface area contributed by atoms with E-state index in [0.29, 0.717) is 36.1 Å². The molecule has 0 bridgehead atoms. The minimum Gasteiger partial charge on any atom is -0.492 e. The first kappa shape index (κ1) is 18.3. The number of anilines is 2. The number of carbonyl (C=O) groups excluding carboxylic acids is 2. The van der Waals surface area contributed by atoms with E-state index in [-0.39, 0.29) is 17.5 Å². The number of rotatable bonds is 7. The highest BCUT2D eigenvalue weighted by molar-refractivity contribution is 6.04. The maximum absolute atomic E-state index is 12.4. The minimum atomic E-state index is -0.365. The normalized spacial score (nSPS) is 10.0. The molecule has 2 amide bonds. The van der Waals surface area contributed by atoms with Crippen LogP contribution in [0.3, 0.4) is 0 Å². The molecule has 7 nitrogen and oxygen atoms in total. The third kappa shape index (κ3) is 4.94. The monoisotopic (exact) mass is 343 g/mol. The summed E-state index contributed by atoms with van der Waals surface area (Å²) in [6.07, 6.45) is 1.55. The molecule has 0 aliphatic heterocycles. The summed E-state index contributed by atoms with van der Waals surface area (Å²) in [4.78, 5) is 27.8.